The molecule has 0 aromatic heterocycles. The van der Waals surface area contributed by atoms with Crippen LogP contribution in [0.2, 0.25) is 0 Å². The van der Waals surface area contributed by atoms with Crippen LogP contribution in [0.4, 0.5) is 11.4 Å². The Morgan fingerprint density at radius 2 is 1.84 bits per heavy atom. The van der Waals surface area contributed by atoms with Crippen molar-refractivity contribution in [2.45, 2.75) is 13.0 Å². The minimum Gasteiger partial charge on any atom is -0.399 e. The molecule has 0 aliphatic heterocycles. The van der Waals surface area contributed by atoms with Crippen molar-refractivity contribution in [3.63, 3.8) is 0 Å². The number of nitrogens with zero attached hydrogens (tertiary/aromatic N) is 2. The lowest BCUT2D eigenvalue weighted by Crippen LogP contribution is -2.23. The predicted octanol–water partition coefficient (Wildman–Crippen LogP) is 3.19. The first kappa shape index (κ1) is 13.0. The van der Waals surface area contributed by atoms with Crippen LogP contribution in [0.3, 0.4) is 0 Å². The van der Waals surface area contributed by atoms with Gasteiger partial charge in [0, 0.05) is 24.5 Å². The molecule has 0 aliphatic rings. The van der Waals surface area contributed by atoms with Gasteiger partial charge in [0.05, 0.1) is 12.5 Å². The topological polar surface area (TPSA) is 53.0 Å². The number of hydrogen-bond acceptors (Lipinski definition) is 3. The average Bonchev–Trinajstić information content (AvgIpc) is 2.44. The Kier molecular flexibility index (Phi) is 4.41. The molecule has 0 unspecified atom stereocenters. The van der Waals surface area contributed by atoms with E-state index < -0.39 is 0 Å². The highest BCUT2D eigenvalue weighted by molar-refractivity contribution is 5.48. The van der Waals surface area contributed by atoms with Crippen molar-refractivity contribution in [3.05, 3.63) is 60.2 Å². The zero-order valence-electron chi connectivity index (χ0n) is 10.8. The number of rotatable bonds is 5. The van der Waals surface area contributed by atoms with Crippen molar-refractivity contribution in [2.75, 3.05) is 17.2 Å². The van der Waals surface area contributed by atoms with E-state index in [-0.39, 0.29) is 0 Å². The fourth-order valence-electron chi connectivity index (χ4n) is 2.04. The number of nitriles is 1. The fraction of sp³-hybridized carbons (Fsp3) is 0.188. The number of anilines is 2. The summed E-state index contributed by atoms with van der Waals surface area (Å²) in [5, 5.41) is 8.78. The molecule has 0 saturated carbocycles. The summed E-state index contributed by atoms with van der Waals surface area (Å²) < 4.78 is 0. The molecule has 2 rings (SSSR count). The second kappa shape index (κ2) is 6.46. The number of para-hydroxylation sites is 1. The lowest BCUT2D eigenvalue weighted by Gasteiger charge is -2.24. The summed E-state index contributed by atoms with van der Waals surface area (Å²) >= 11 is 0. The van der Waals surface area contributed by atoms with E-state index in [0.717, 1.165) is 30.0 Å². The van der Waals surface area contributed by atoms with Crippen molar-refractivity contribution in [1.82, 2.24) is 0 Å². The molecular formula is C16H17N3. The average molecular weight is 251 g/mol. The zero-order valence-corrected chi connectivity index (χ0v) is 10.8. The third kappa shape index (κ3) is 3.75. The van der Waals surface area contributed by atoms with E-state index in [2.05, 4.69) is 29.2 Å². The molecule has 0 heterocycles. The Bertz CT molecular complexity index is 558. The maximum atomic E-state index is 8.78. The minimum absolute atomic E-state index is 0.511. The van der Waals surface area contributed by atoms with Gasteiger partial charge in [-0.15, -0.1) is 0 Å². The quantitative estimate of drug-likeness (QED) is 0.830. The van der Waals surface area contributed by atoms with Gasteiger partial charge in [-0.05, 0) is 29.8 Å². The monoisotopic (exact) mass is 251 g/mol. The van der Waals surface area contributed by atoms with Crippen LogP contribution < -0.4 is 10.6 Å². The minimum atomic E-state index is 0.511. The molecule has 0 saturated heterocycles. The first-order valence-corrected chi connectivity index (χ1v) is 6.31. The molecule has 0 radical (unpaired) electrons. The summed E-state index contributed by atoms with van der Waals surface area (Å²) in [6.45, 7) is 1.48. The molecule has 0 spiro atoms. The summed E-state index contributed by atoms with van der Waals surface area (Å²) in [5.74, 6) is 0. The molecule has 0 amide bonds. The van der Waals surface area contributed by atoms with Crippen LogP contribution in [-0.4, -0.2) is 6.54 Å². The third-order valence-electron chi connectivity index (χ3n) is 2.94. The van der Waals surface area contributed by atoms with Gasteiger partial charge in [0.15, 0.2) is 0 Å². The van der Waals surface area contributed by atoms with E-state index in [4.69, 9.17) is 11.0 Å². The largest absolute Gasteiger partial charge is 0.399 e. The molecule has 3 nitrogen and oxygen atoms in total. The van der Waals surface area contributed by atoms with E-state index in [1.54, 1.807) is 0 Å². The summed E-state index contributed by atoms with van der Waals surface area (Å²) in [6, 6.07) is 20.2. The second-order valence-corrected chi connectivity index (χ2v) is 4.41. The predicted molar refractivity (Wildman–Crippen MR) is 78.6 cm³/mol. The maximum Gasteiger partial charge on any atom is 0.0640 e. The van der Waals surface area contributed by atoms with Crippen LogP contribution in [0.5, 0.6) is 0 Å². The highest BCUT2D eigenvalue weighted by atomic mass is 15.1. The third-order valence-corrected chi connectivity index (χ3v) is 2.94. The summed E-state index contributed by atoms with van der Waals surface area (Å²) in [6.07, 6.45) is 0.511. The number of hydrogen-bond donors (Lipinski definition) is 1. The van der Waals surface area contributed by atoms with Gasteiger partial charge in [-0.3, -0.25) is 0 Å². The van der Waals surface area contributed by atoms with Gasteiger partial charge in [0.1, 0.15) is 0 Å². The fourth-order valence-corrected chi connectivity index (χ4v) is 2.04. The number of nitrogens with two attached hydrogens (primary N) is 1. The molecule has 96 valence electrons. The Morgan fingerprint density at radius 3 is 2.53 bits per heavy atom. The molecule has 0 aliphatic carbocycles. The molecule has 19 heavy (non-hydrogen) atoms. The SMILES string of the molecule is N#CCCN(Cc1cccc(N)c1)c1ccccc1. The van der Waals surface area contributed by atoms with E-state index in [1.165, 1.54) is 0 Å². The molecule has 3 heteroatoms. The summed E-state index contributed by atoms with van der Waals surface area (Å²) in [4.78, 5) is 2.19. The first-order chi connectivity index (χ1) is 9.29. The summed E-state index contributed by atoms with van der Waals surface area (Å²) in [5.41, 5.74) is 8.85. The van der Waals surface area contributed by atoms with Crippen molar-refractivity contribution in [1.29, 1.82) is 5.26 Å². The first-order valence-electron chi connectivity index (χ1n) is 6.31. The van der Waals surface area contributed by atoms with E-state index in [0.29, 0.717) is 6.42 Å². The number of benzene rings is 2. The van der Waals surface area contributed by atoms with E-state index >= 15 is 0 Å². The smallest absolute Gasteiger partial charge is 0.0640 e. The van der Waals surface area contributed by atoms with Gasteiger partial charge >= 0.3 is 0 Å². The van der Waals surface area contributed by atoms with E-state index in [9.17, 15) is 0 Å². The Morgan fingerprint density at radius 1 is 1.05 bits per heavy atom. The van der Waals surface area contributed by atoms with Crippen LogP contribution in [-0.2, 0) is 6.54 Å². The van der Waals surface area contributed by atoms with E-state index in [1.807, 2.05) is 36.4 Å². The van der Waals surface area contributed by atoms with Crippen LogP contribution in [0.15, 0.2) is 54.6 Å². The van der Waals surface area contributed by atoms with Crippen molar-refractivity contribution in [3.8, 4) is 6.07 Å². The van der Waals surface area contributed by atoms with Gasteiger partial charge in [0.2, 0.25) is 0 Å². The molecule has 2 aromatic carbocycles. The highest BCUT2D eigenvalue weighted by Gasteiger charge is 2.06. The Labute approximate surface area is 113 Å². The Balaban J connectivity index is 2.17. The highest BCUT2D eigenvalue weighted by Crippen LogP contribution is 2.18. The lowest BCUT2D eigenvalue weighted by molar-refractivity contribution is 0.798. The van der Waals surface area contributed by atoms with Gasteiger partial charge in [-0.2, -0.15) is 5.26 Å². The molecule has 2 aromatic rings. The maximum absolute atomic E-state index is 8.78. The lowest BCUT2D eigenvalue weighted by atomic mass is 10.1. The van der Waals surface area contributed by atoms with Gasteiger partial charge in [-0.25, -0.2) is 0 Å². The van der Waals surface area contributed by atoms with Crippen molar-refractivity contribution < 1.29 is 0 Å². The zero-order chi connectivity index (χ0) is 13.5. The molecule has 0 atom stereocenters. The summed E-state index contributed by atoms with van der Waals surface area (Å²) in [7, 11) is 0. The molecule has 0 fully saturated rings. The van der Waals surface area contributed by atoms with Crippen LogP contribution in [0, 0.1) is 11.3 Å². The van der Waals surface area contributed by atoms with Gasteiger partial charge in [0.25, 0.3) is 0 Å². The second-order valence-electron chi connectivity index (χ2n) is 4.41. The molecule has 0 bridgehead atoms. The normalized spacial score (nSPS) is 9.84. The van der Waals surface area contributed by atoms with Crippen LogP contribution >= 0.6 is 0 Å². The molecular weight excluding hydrogens is 234 g/mol. The van der Waals surface area contributed by atoms with Gasteiger partial charge < -0.3 is 10.6 Å². The molecule has 2 N–H and O–H groups in total. The number of nitrogen functional groups attached to an aromatic ring is 1. The standard InChI is InChI=1S/C16H17N3/c17-10-5-11-19(16-8-2-1-3-9-16)13-14-6-4-7-15(18)12-14/h1-4,6-9,12H,5,11,13,18H2. The van der Waals surface area contributed by atoms with Crippen molar-refractivity contribution in [2.24, 2.45) is 0 Å². The van der Waals surface area contributed by atoms with Crippen LogP contribution in [0.25, 0.3) is 0 Å². The Hall–Kier alpha value is -2.47. The van der Waals surface area contributed by atoms with Crippen LogP contribution in [0.1, 0.15) is 12.0 Å². The van der Waals surface area contributed by atoms with Gasteiger partial charge in [-0.1, -0.05) is 30.3 Å². The van der Waals surface area contributed by atoms with Crippen molar-refractivity contribution >= 4 is 11.4 Å².